The molecule has 3 N–H and O–H groups in total. The predicted octanol–water partition coefficient (Wildman–Crippen LogP) is 0.790. The zero-order chi connectivity index (χ0) is 14.5. The molecule has 0 spiro atoms. The van der Waals surface area contributed by atoms with Gasteiger partial charge in [-0.25, -0.2) is 9.97 Å². The maximum absolute atomic E-state index is 11.5. The lowest BCUT2D eigenvalue weighted by Gasteiger charge is -2.34. The zero-order valence-electron chi connectivity index (χ0n) is 12.2. The van der Waals surface area contributed by atoms with E-state index in [1.54, 1.807) is 6.20 Å². The quantitative estimate of drug-likeness (QED) is 0.831. The number of aromatic nitrogens is 2. The second kappa shape index (κ2) is 6.65. The number of rotatable bonds is 5. The maximum atomic E-state index is 11.5. The molecule has 1 aliphatic heterocycles. The lowest BCUT2D eigenvalue weighted by atomic mass is 9.98. The van der Waals surface area contributed by atoms with Crippen LogP contribution in [0.4, 0.5) is 5.82 Å². The SMILES string of the molecule is CC(C)N(CC1CCCNC1)c1nccnc1C(N)=O. The first-order valence-corrected chi connectivity index (χ1v) is 7.17. The maximum Gasteiger partial charge on any atom is 0.271 e. The van der Waals surface area contributed by atoms with Crippen molar-refractivity contribution in [2.45, 2.75) is 32.7 Å². The molecule has 1 aliphatic rings. The third kappa shape index (κ3) is 3.45. The summed E-state index contributed by atoms with van der Waals surface area (Å²) in [5.41, 5.74) is 5.66. The van der Waals surface area contributed by atoms with Crippen molar-refractivity contribution < 1.29 is 4.79 Å². The second-order valence-corrected chi connectivity index (χ2v) is 5.55. The highest BCUT2D eigenvalue weighted by Gasteiger charge is 2.24. The molecule has 1 atom stereocenters. The van der Waals surface area contributed by atoms with E-state index in [-0.39, 0.29) is 11.7 Å². The highest BCUT2D eigenvalue weighted by Crippen LogP contribution is 2.21. The van der Waals surface area contributed by atoms with Crippen molar-refractivity contribution in [3.05, 3.63) is 18.1 Å². The predicted molar refractivity (Wildman–Crippen MR) is 78.6 cm³/mol. The van der Waals surface area contributed by atoms with Crippen LogP contribution in [0.25, 0.3) is 0 Å². The Balaban J connectivity index is 2.21. The first-order chi connectivity index (χ1) is 9.59. The van der Waals surface area contributed by atoms with Crippen LogP contribution in [0.1, 0.15) is 37.2 Å². The molecule has 1 unspecified atom stereocenters. The van der Waals surface area contributed by atoms with Gasteiger partial charge < -0.3 is 16.0 Å². The fourth-order valence-electron chi connectivity index (χ4n) is 2.61. The molecule has 0 aromatic carbocycles. The summed E-state index contributed by atoms with van der Waals surface area (Å²) < 4.78 is 0. The number of nitrogens with zero attached hydrogens (tertiary/aromatic N) is 3. The summed E-state index contributed by atoms with van der Waals surface area (Å²) in [6, 6.07) is 0.242. The fourth-order valence-corrected chi connectivity index (χ4v) is 2.61. The smallest absolute Gasteiger partial charge is 0.271 e. The second-order valence-electron chi connectivity index (χ2n) is 5.55. The van der Waals surface area contributed by atoms with E-state index in [1.807, 2.05) is 0 Å². The Bertz CT molecular complexity index is 457. The number of hydrogen-bond acceptors (Lipinski definition) is 5. The van der Waals surface area contributed by atoms with Gasteiger partial charge in [0.2, 0.25) is 0 Å². The Morgan fingerprint density at radius 2 is 2.25 bits per heavy atom. The van der Waals surface area contributed by atoms with Gasteiger partial charge in [-0.05, 0) is 45.7 Å². The van der Waals surface area contributed by atoms with E-state index in [1.165, 1.54) is 19.0 Å². The summed E-state index contributed by atoms with van der Waals surface area (Å²) in [4.78, 5) is 22.1. The van der Waals surface area contributed by atoms with Crippen LogP contribution in [0, 0.1) is 5.92 Å². The van der Waals surface area contributed by atoms with E-state index in [2.05, 4.69) is 34.0 Å². The van der Waals surface area contributed by atoms with Gasteiger partial charge in [-0.15, -0.1) is 0 Å². The standard InChI is InChI=1S/C14H23N5O/c1-10(2)19(9-11-4-3-5-16-8-11)14-12(13(15)20)17-6-7-18-14/h6-7,10-11,16H,3-5,8-9H2,1-2H3,(H2,15,20). The number of nitrogens with two attached hydrogens (primary N) is 1. The Morgan fingerprint density at radius 3 is 2.85 bits per heavy atom. The Labute approximate surface area is 119 Å². The van der Waals surface area contributed by atoms with Crippen LogP contribution in [0.5, 0.6) is 0 Å². The van der Waals surface area contributed by atoms with Crippen LogP contribution < -0.4 is 16.0 Å². The summed E-state index contributed by atoms with van der Waals surface area (Å²) >= 11 is 0. The summed E-state index contributed by atoms with van der Waals surface area (Å²) in [7, 11) is 0. The third-order valence-electron chi connectivity index (χ3n) is 3.66. The van der Waals surface area contributed by atoms with Gasteiger partial charge in [0.1, 0.15) is 0 Å². The van der Waals surface area contributed by atoms with Gasteiger partial charge in [0.25, 0.3) is 5.91 Å². The fraction of sp³-hybridized carbons (Fsp3) is 0.643. The zero-order valence-corrected chi connectivity index (χ0v) is 12.2. The number of piperidine rings is 1. The number of amides is 1. The molecule has 20 heavy (non-hydrogen) atoms. The van der Waals surface area contributed by atoms with Crippen molar-refractivity contribution in [1.82, 2.24) is 15.3 Å². The van der Waals surface area contributed by atoms with E-state index >= 15 is 0 Å². The molecule has 0 aliphatic carbocycles. The van der Waals surface area contributed by atoms with Crippen LogP contribution >= 0.6 is 0 Å². The van der Waals surface area contributed by atoms with E-state index < -0.39 is 5.91 Å². The highest BCUT2D eigenvalue weighted by molar-refractivity contribution is 5.95. The summed E-state index contributed by atoms with van der Waals surface area (Å²) in [6.07, 6.45) is 5.50. The number of carbonyl (C=O) groups is 1. The number of carbonyl (C=O) groups excluding carboxylic acids is 1. The van der Waals surface area contributed by atoms with E-state index in [4.69, 9.17) is 5.73 Å². The molecule has 6 nitrogen and oxygen atoms in total. The van der Waals surface area contributed by atoms with Crippen molar-refractivity contribution in [2.24, 2.45) is 11.7 Å². The molecule has 2 rings (SSSR count). The Morgan fingerprint density at radius 1 is 1.50 bits per heavy atom. The van der Waals surface area contributed by atoms with Crippen molar-refractivity contribution >= 4 is 11.7 Å². The lowest BCUT2D eigenvalue weighted by Crippen LogP contribution is -2.42. The molecule has 1 aromatic rings. The van der Waals surface area contributed by atoms with Crippen LogP contribution in [0.2, 0.25) is 0 Å². The van der Waals surface area contributed by atoms with Gasteiger partial charge in [-0.1, -0.05) is 0 Å². The van der Waals surface area contributed by atoms with Gasteiger partial charge in [0, 0.05) is 25.0 Å². The van der Waals surface area contributed by atoms with Crippen molar-refractivity contribution in [3.8, 4) is 0 Å². The Kier molecular flexibility index (Phi) is 4.89. The molecule has 6 heteroatoms. The molecular formula is C14H23N5O. The largest absolute Gasteiger partial charge is 0.364 e. The summed E-state index contributed by atoms with van der Waals surface area (Å²) in [5.74, 6) is 0.634. The highest BCUT2D eigenvalue weighted by atomic mass is 16.1. The first kappa shape index (κ1) is 14.7. The number of primary amides is 1. The van der Waals surface area contributed by atoms with Crippen molar-refractivity contribution in [2.75, 3.05) is 24.5 Å². The monoisotopic (exact) mass is 277 g/mol. The lowest BCUT2D eigenvalue weighted by molar-refractivity contribution is 0.0995. The molecule has 2 heterocycles. The molecular weight excluding hydrogens is 254 g/mol. The summed E-state index contributed by atoms with van der Waals surface area (Å²) in [6.45, 7) is 7.15. The van der Waals surface area contributed by atoms with Gasteiger partial charge >= 0.3 is 0 Å². The van der Waals surface area contributed by atoms with Crippen LogP contribution in [0.3, 0.4) is 0 Å². The summed E-state index contributed by atoms with van der Waals surface area (Å²) in [5, 5.41) is 3.41. The molecule has 1 saturated heterocycles. The first-order valence-electron chi connectivity index (χ1n) is 7.17. The van der Waals surface area contributed by atoms with Gasteiger partial charge in [0.05, 0.1) is 0 Å². The van der Waals surface area contributed by atoms with Gasteiger partial charge in [-0.3, -0.25) is 4.79 Å². The minimum Gasteiger partial charge on any atom is -0.364 e. The molecule has 1 fully saturated rings. The average Bonchev–Trinajstić information content (AvgIpc) is 2.45. The molecule has 1 amide bonds. The molecule has 0 saturated carbocycles. The van der Waals surface area contributed by atoms with Gasteiger partial charge in [0.15, 0.2) is 11.5 Å². The third-order valence-corrected chi connectivity index (χ3v) is 3.66. The Hall–Kier alpha value is -1.69. The average molecular weight is 277 g/mol. The molecule has 1 aromatic heterocycles. The number of anilines is 1. The minimum absolute atomic E-state index is 0.242. The van der Waals surface area contributed by atoms with Crippen molar-refractivity contribution in [1.29, 1.82) is 0 Å². The molecule has 110 valence electrons. The van der Waals surface area contributed by atoms with E-state index in [9.17, 15) is 4.79 Å². The van der Waals surface area contributed by atoms with Crippen molar-refractivity contribution in [3.63, 3.8) is 0 Å². The number of nitrogens with one attached hydrogen (secondary N) is 1. The van der Waals surface area contributed by atoms with Gasteiger partial charge in [-0.2, -0.15) is 0 Å². The van der Waals surface area contributed by atoms with E-state index in [0.29, 0.717) is 11.7 Å². The minimum atomic E-state index is -0.527. The van der Waals surface area contributed by atoms with Crippen LogP contribution in [-0.2, 0) is 0 Å². The molecule has 0 radical (unpaired) electrons. The van der Waals surface area contributed by atoms with E-state index in [0.717, 1.165) is 19.6 Å². The van der Waals surface area contributed by atoms with Crippen LogP contribution in [-0.4, -0.2) is 41.6 Å². The van der Waals surface area contributed by atoms with Crippen LogP contribution in [0.15, 0.2) is 12.4 Å². The normalized spacial score (nSPS) is 19.1. The molecule has 0 bridgehead atoms. The number of hydrogen-bond donors (Lipinski definition) is 2. The topological polar surface area (TPSA) is 84.1 Å².